The van der Waals surface area contributed by atoms with Crippen molar-refractivity contribution in [3.05, 3.63) is 57.4 Å². The molecular formula is C22H21ClF3N3O3. The van der Waals surface area contributed by atoms with Gasteiger partial charge in [-0.05, 0) is 56.2 Å². The number of anilines is 1. The Balaban J connectivity index is 2.08. The predicted molar refractivity (Wildman–Crippen MR) is 114 cm³/mol. The molecule has 0 aliphatic heterocycles. The van der Waals surface area contributed by atoms with Gasteiger partial charge in [0.05, 0.1) is 16.3 Å². The third kappa shape index (κ3) is 6.14. The molecule has 170 valence electrons. The van der Waals surface area contributed by atoms with Crippen molar-refractivity contribution in [1.29, 1.82) is 5.26 Å². The summed E-state index contributed by atoms with van der Waals surface area (Å²) in [5, 5.41) is 11.4. The summed E-state index contributed by atoms with van der Waals surface area (Å²) in [6, 6.07) is 6.03. The van der Waals surface area contributed by atoms with Crippen molar-refractivity contribution in [3.63, 3.8) is 0 Å². The fourth-order valence-corrected chi connectivity index (χ4v) is 3.19. The molecule has 0 fully saturated rings. The van der Waals surface area contributed by atoms with Crippen molar-refractivity contribution >= 4 is 35.2 Å². The van der Waals surface area contributed by atoms with Gasteiger partial charge in [0.1, 0.15) is 11.6 Å². The van der Waals surface area contributed by atoms with Crippen LogP contribution in [0.4, 0.5) is 18.9 Å². The van der Waals surface area contributed by atoms with E-state index in [2.05, 4.69) is 9.88 Å². The number of aryl methyl sites for hydroxylation is 1. The van der Waals surface area contributed by atoms with Crippen LogP contribution < -0.4 is 5.32 Å². The average molecular weight is 468 g/mol. The molecule has 0 saturated heterocycles. The van der Waals surface area contributed by atoms with Crippen LogP contribution in [-0.2, 0) is 27.0 Å². The van der Waals surface area contributed by atoms with Gasteiger partial charge in [-0.3, -0.25) is 4.79 Å². The fraction of sp³-hybridized carbons (Fsp3) is 0.318. The van der Waals surface area contributed by atoms with Crippen molar-refractivity contribution in [1.82, 2.24) is 4.57 Å². The number of aromatic nitrogens is 1. The second-order valence-corrected chi connectivity index (χ2v) is 7.37. The van der Waals surface area contributed by atoms with Crippen LogP contribution >= 0.6 is 11.6 Å². The monoisotopic (exact) mass is 467 g/mol. The summed E-state index contributed by atoms with van der Waals surface area (Å²) in [4.78, 5) is 24.3. The number of benzene rings is 1. The van der Waals surface area contributed by atoms with Crippen molar-refractivity contribution in [2.45, 2.75) is 39.9 Å². The highest BCUT2D eigenvalue weighted by atomic mass is 35.5. The van der Waals surface area contributed by atoms with Crippen molar-refractivity contribution < 1.29 is 27.5 Å². The Morgan fingerprint density at radius 3 is 2.56 bits per heavy atom. The Morgan fingerprint density at radius 1 is 1.28 bits per heavy atom. The number of esters is 1. The lowest BCUT2D eigenvalue weighted by molar-refractivity contribution is -0.142. The van der Waals surface area contributed by atoms with Crippen LogP contribution in [0.15, 0.2) is 29.8 Å². The Bertz CT molecular complexity index is 1100. The Hall–Kier alpha value is -3.25. The zero-order valence-electron chi connectivity index (χ0n) is 17.6. The predicted octanol–water partition coefficient (Wildman–Crippen LogP) is 5.28. The number of nitrogens with one attached hydrogen (secondary N) is 1. The zero-order valence-corrected chi connectivity index (χ0v) is 18.4. The average Bonchev–Trinajstić information content (AvgIpc) is 2.98. The Kier molecular flexibility index (Phi) is 8.11. The summed E-state index contributed by atoms with van der Waals surface area (Å²) >= 11 is 5.82. The van der Waals surface area contributed by atoms with E-state index in [0.29, 0.717) is 11.6 Å². The molecule has 1 N–H and O–H groups in total. The topological polar surface area (TPSA) is 84.1 Å². The number of alkyl halides is 3. The maximum Gasteiger partial charge on any atom is 0.416 e. The smallest absolute Gasteiger partial charge is 0.416 e. The van der Waals surface area contributed by atoms with E-state index >= 15 is 0 Å². The Morgan fingerprint density at radius 2 is 1.97 bits per heavy atom. The summed E-state index contributed by atoms with van der Waals surface area (Å²) in [7, 11) is 0. The van der Waals surface area contributed by atoms with Gasteiger partial charge in [0.2, 0.25) is 0 Å². The molecule has 2 aromatic rings. The quantitative estimate of drug-likeness (QED) is 0.341. The number of carbonyl (C=O) groups excluding carboxylic acids is 2. The molecule has 0 saturated carbocycles. The van der Waals surface area contributed by atoms with Gasteiger partial charge in [-0.1, -0.05) is 18.5 Å². The normalized spacial score (nSPS) is 11.8. The molecule has 10 heteroatoms. The van der Waals surface area contributed by atoms with Crippen LogP contribution in [0, 0.1) is 25.2 Å². The minimum absolute atomic E-state index is 0.113. The molecule has 0 aliphatic carbocycles. The SMILES string of the molecule is CCCn1c(C)cc(C=C(C#N)C(=O)OCC(=O)Nc2cc(C(F)(F)F)ccc2Cl)c1C. The lowest BCUT2D eigenvalue weighted by Crippen LogP contribution is -2.22. The molecule has 1 aromatic carbocycles. The second kappa shape index (κ2) is 10.4. The van der Waals surface area contributed by atoms with E-state index in [1.54, 1.807) is 6.07 Å². The van der Waals surface area contributed by atoms with Gasteiger partial charge in [-0.25, -0.2) is 4.79 Å². The molecular weight excluding hydrogens is 447 g/mol. The van der Waals surface area contributed by atoms with Gasteiger partial charge >= 0.3 is 12.1 Å². The van der Waals surface area contributed by atoms with Crippen molar-refractivity contribution in [2.24, 2.45) is 0 Å². The van der Waals surface area contributed by atoms with Gasteiger partial charge < -0.3 is 14.6 Å². The van der Waals surface area contributed by atoms with Gasteiger partial charge in [0.25, 0.3) is 5.91 Å². The summed E-state index contributed by atoms with van der Waals surface area (Å²) in [6.45, 7) is 5.79. The van der Waals surface area contributed by atoms with Crippen molar-refractivity contribution in [2.75, 3.05) is 11.9 Å². The van der Waals surface area contributed by atoms with E-state index in [1.165, 1.54) is 6.08 Å². The first-order chi connectivity index (χ1) is 15.0. The number of halogens is 4. The maximum absolute atomic E-state index is 12.8. The zero-order chi connectivity index (χ0) is 24.1. The molecule has 2 rings (SSSR count). The van der Waals surface area contributed by atoms with Gasteiger partial charge in [0, 0.05) is 17.9 Å². The largest absolute Gasteiger partial charge is 0.451 e. The summed E-state index contributed by atoms with van der Waals surface area (Å²) in [6.07, 6.45) is -2.33. The molecule has 0 atom stereocenters. The van der Waals surface area contributed by atoms with Crippen LogP contribution in [-0.4, -0.2) is 23.1 Å². The number of amides is 1. The number of ether oxygens (including phenoxy) is 1. The van der Waals surface area contributed by atoms with Crippen LogP contribution in [0.2, 0.25) is 5.02 Å². The summed E-state index contributed by atoms with van der Waals surface area (Å²) < 4.78 is 45.4. The number of nitrogens with zero attached hydrogens (tertiary/aromatic N) is 2. The number of carbonyl (C=O) groups is 2. The molecule has 0 spiro atoms. The lowest BCUT2D eigenvalue weighted by Gasteiger charge is -2.11. The highest BCUT2D eigenvalue weighted by molar-refractivity contribution is 6.33. The second-order valence-electron chi connectivity index (χ2n) is 6.96. The van der Waals surface area contributed by atoms with Gasteiger partial charge in [0.15, 0.2) is 6.61 Å². The van der Waals surface area contributed by atoms with E-state index in [4.69, 9.17) is 16.3 Å². The van der Waals surface area contributed by atoms with Crippen LogP contribution in [0.3, 0.4) is 0 Å². The third-order valence-electron chi connectivity index (χ3n) is 4.60. The first-order valence-corrected chi connectivity index (χ1v) is 9.98. The maximum atomic E-state index is 12.8. The van der Waals surface area contributed by atoms with Crippen LogP contribution in [0.5, 0.6) is 0 Å². The highest BCUT2D eigenvalue weighted by Gasteiger charge is 2.31. The number of hydrogen-bond donors (Lipinski definition) is 1. The van der Waals surface area contributed by atoms with Gasteiger partial charge in [-0.15, -0.1) is 0 Å². The van der Waals surface area contributed by atoms with E-state index in [9.17, 15) is 28.0 Å². The lowest BCUT2D eigenvalue weighted by atomic mass is 10.1. The fourth-order valence-electron chi connectivity index (χ4n) is 3.03. The summed E-state index contributed by atoms with van der Waals surface area (Å²) in [5.41, 5.74) is 0.934. The molecule has 32 heavy (non-hydrogen) atoms. The van der Waals surface area contributed by atoms with E-state index in [-0.39, 0.29) is 16.3 Å². The number of rotatable bonds is 7. The van der Waals surface area contributed by atoms with E-state index in [0.717, 1.165) is 36.5 Å². The highest BCUT2D eigenvalue weighted by Crippen LogP contribution is 2.33. The first kappa shape index (κ1) is 25.0. The molecule has 0 bridgehead atoms. The minimum atomic E-state index is -4.62. The van der Waals surface area contributed by atoms with Crippen LogP contribution in [0.1, 0.15) is 35.9 Å². The minimum Gasteiger partial charge on any atom is -0.451 e. The molecule has 0 radical (unpaired) electrons. The molecule has 1 heterocycles. The van der Waals surface area contributed by atoms with E-state index in [1.807, 2.05) is 26.8 Å². The first-order valence-electron chi connectivity index (χ1n) is 9.60. The molecule has 0 aliphatic rings. The van der Waals surface area contributed by atoms with Crippen LogP contribution in [0.25, 0.3) is 6.08 Å². The van der Waals surface area contributed by atoms with Crippen molar-refractivity contribution in [3.8, 4) is 6.07 Å². The summed E-state index contributed by atoms with van der Waals surface area (Å²) in [5.74, 6) is -1.93. The van der Waals surface area contributed by atoms with Gasteiger partial charge in [-0.2, -0.15) is 18.4 Å². The number of hydrogen-bond acceptors (Lipinski definition) is 4. The Labute approximate surface area is 188 Å². The molecule has 6 nitrogen and oxygen atoms in total. The molecule has 0 unspecified atom stereocenters. The third-order valence-corrected chi connectivity index (χ3v) is 4.93. The standard InChI is InChI=1S/C22H21ClF3N3O3/c1-4-7-29-13(2)8-15(14(29)3)9-16(11-27)21(31)32-12-20(30)28-19-10-17(22(24,25)26)5-6-18(19)23/h5-6,8-10H,4,7,12H2,1-3H3,(H,28,30). The molecule has 1 aromatic heterocycles. The van der Waals surface area contributed by atoms with E-state index < -0.39 is 30.2 Å². The molecule has 1 amide bonds. The number of nitriles is 1.